The Morgan fingerprint density at radius 3 is 2.55 bits per heavy atom. The monoisotopic (exact) mass is 270 g/mol. The topological polar surface area (TPSA) is 34.1 Å². The first kappa shape index (κ1) is 14.5. The number of methoxy groups -OCH3 is 1. The quantitative estimate of drug-likeness (QED) is 0.874. The van der Waals surface area contributed by atoms with E-state index in [9.17, 15) is 0 Å². The Labute approximate surface area is 121 Å². The average molecular weight is 270 g/mol. The molecule has 0 bridgehead atoms. The lowest BCUT2D eigenvalue weighted by Gasteiger charge is -2.16. The van der Waals surface area contributed by atoms with Gasteiger partial charge >= 0.3 is 0 Å². The molecule has 0 spiro atoms. The lowest BCUT2D eigenvalue weighted by atomic mass is 10.0. The Bertz CT molecular complexity index is 537. The second-order valence-electron chi connectivity index (χ2n) is 4.99. The van der Waals surface area contributed by atoms with Crippen molar-refractivity contribution >= 4 is 0 Å². The molecular formula is C17H22N2O. The second kappa shape index (κ2) is 7.06. The highest BCUT2D eigenvalue weighted by Crippen LogP contribution is 2.19. The van der Waals surface area contributed by atoms with Crippen LogP contribution in [0.2, 0.25) is 0 Å². The van der Waals surface area contributed by atoms with Crippen molar-refractivity contribution in [3.8, 4) is 5.75 Å². The second-order valence-corrected chi connectivity index (χ2v) is 4.99. The van der Waals surface area contributed by atoms with Gasteiger partial charge in [0, 0.05) is 12.2 Å². The SMILES string of the molecule is CNC(CCc1ccc(OC)cc1)c1cc(C)ccn1. The molecule has 0 aliphatic heterocycles. The molecule has 1 unspecified atom stereocenters. The largest absolute Gasteiger partial charge is 0.497 e. The van der Waals surface area contributed by atoms with Crippen LogP contribution in [-0.2, 0) is 6.42 Å². The Balaban J connectivity index is 1.99. The van der Waals surface area contributed by atoms with Gasteiger partial charge in [-0.3, -0.25) is 4.98 Å². The number of nitrogens with zero attached hydrogens (tertiary/aromatic N) is 1. The summed E-state index contributed by atoms with van der Waals surface area (Å²) < 4.78 is 5.18. The third-order valence-electron chi connectivity index (χ3n) is 3.52. The van der Waals surface area contributed by atoms with E-state index in [4.69, 9.17) is 4.74 Å². The van der Waals surface area contributed by atoms with Crippen molar-refractivity contribution in [1.82, 2.24) is 10.3 Å². The van der Waals surface area contributed by atoms with E-state index in [0.29, 0.717) is 0 Å². The molecule has 2 rings (SSSR count). The number of nitrogens with one attached hydrogen (secondary N) is 1. The predicted molar refractivity (Wildman–Crippen MR) is 82.1 cm³/mol. The van der Waals surface area contributed by atoms with Gasteiger partial charge in [-0.25, -0.2) is 0 Å². The maximum absolute atomic E-state index is 5.18. The molecule has 0 amide bonds. The number of aromatic nitrogens is 1. The molecule has 0 aliphatic carbocycles. The molecule has 1 aromatic carbocycles. The fourth-order valence-corrected chi connectivity index (χ4v) is 2.29. The van der Waals surface area contributed by atoms with Gasteiger partial charge in [-0.05, 0) is 62.2 Å². The van der Waals surface area contributed by atoms with Gasteiger partial charge in [0.25, 0.3) is 0 Å². The van der Waals surface area contributed by atoms with Crippen LogP contribution in [0.5, 0.6) is 5.75 Å². The molecule has 1 heterocycles. The minimum Gasteiger partial charge on any atom is -0.497 e. The average Bonchev–Trinajstić information content (AvgIpc) is 2.48. The van der Waals surface area contributed by atoms with Crippen molar-refractivity contribution < 1.29 is 4.74 Å². The van der Waals surface area contributed by atoms with Gasteiger partial charge in [-0.1, -0.05) is 12.1 Å². The molecule has 1 N–H and O–H groups in total. The van der Waals surface area contributed by atoms with Gasteiger partial charge in [0.15, 0.2) is 0 Å². The van der Waals surface area contributed by atoms with Crippen molar-refractivity contribution in [3.63, 3.8) is 0 Å². The first-order chi connectivity index (χ1) is 9.72. The molecule has 0 aliphatic rings. The summed E-state index contributed by atoms with van der Waals surface area (Å²) in [4.78, 5) is 4.47. The van der Waals surface area contributed by atoms with Crippen LogP contribution in [0.4, 0.5) is 0 Å². The molecule has 3 heteroatoms. The van der Waals surface area contributed by atoms with Crippen LogP contribution in [0.3, 0.4) is 0 Å². The Morgan fingerprint density at radius 2 is 1.95 bits per heavy atom. The fourth-order valence-electron chi connectivity index (χ4n) is 2.29. The van der Waals surface area contributed by atoms with Gasteiger partial charge < -0.3 is 10.1 Å². The molecule has 1 atom stereocenters. The van der Waals surface area contributed by atoms with E-state index in [1.165, 1.54) is 11.1 Å². The van der Waals surface area contributed by atoms with Crippen molar-refractivity contribution in [1.29, 1.82) is 0 Å². The highest BCUT2D eigenvalue weighted by atomic mass is 16.5. The van der Waals surface area contributed by atoms with E-state index >= 15 is 0 Å². The summed E-state index contributed by atoms with van der Waals surface area (Å²) in [6.07, 6.45) is 3.92. The first-order valence-electron chi connectivity index (χ1n) is 6.95. The molecule has 20 heavy (non-hydrogen) atoms. The molecule has 0 saturated heterocycles. The number of aryl methyl sites for hydroxylation is 2. The van der Waals surface area contributed by atoms with E-state index in [1.807, 2.05) is 31.4 Å². The highest BCUT2D eigenvalue weighted by molar-refractivity contribution is 5.27. The Morgan fingerprint density at radius 1 is 1.20 bits per heavy atom. The van der Waals surface area contributed by atoms with Gasteiger partial charge in [-0.15, -0.1) is 0 Å². The lowest BCUT2D eigenvalue weighted by Crippen LogP contribution is -2.18. The Hall–Kier alpha value is -1.87. The van der Waals surface area contributed by atoms with E-state index in [0.717, 1.165) is 24.3 Å². The minimum absolute atomic E-state index is 0.289. The molecule has 3 nitrogen and oxygen atoms in total. The zero-order valence-electron chi connectivity index (χ0n) is 12.4. The summed E-state index contributed by atoms with van der Waals surface area (Å²) in [6, 6.07) is 12.7. The predicted octanol–water partition coefficient (Wildman–Crippen LogP) is 3.29. The molecular weight excluding hydrogens is 248 g/mol. The summed E-state index contributed by atoms with van der Waals surface area (Å²) in [5, 5.41) is 3.35. The molecule has 106 valence electrons. The van der Waals surface area contributed by atoms with E-state index < -0.39 is 0 Å². The van der Waals surface area contributed by atoms with E-state index in [2.05, 4.69) is 35.4 Å². The molecule has 0 radical (unpaired) electrons. The van der Waals surface area contributed by atoms with Gasteiger partial charge in [0.1, 0.15) is 5.75 Å². The van der Waals surface area contributed by atoms with Crippen molar-refractivity contribution in [2.24, 2.45) is 0 Å². The number of pyridine rings is 1. The normalized spacial score (nSPS) is 12.2. The number of hydrogen-bond acceptors (Lipinski definition) is 3. The Kier molecular flexibility index (Phi) is 5.13. The van der Waals surface area contributed by atoms with Gasteiger partial charge in [0.05, 0.1) is 12.8 Å². The summed E-state index contributed by atoms with van der Waals surface area (Å²) in [5.74, 6) is 0.902. The van der Waals surface area contributed by atoms with Crippen LogP contribution in [0, 0.1) is 6.92 Å². The summed E-state index contributed by atoms with van der Waals surface area (Å²) in [7, 11) is 3.68. The van der Waals surface area contributed by atoms with E-state index in [-0.39, 0.29) is 6.04 Å². The van der Waals surface area contributed by atoms with Crippen LogP contribution in [0.25, 0.3) is 0 Å². The highest BCUT2D eigenvalue weighted by Gasteiger charge is 2.10. The summed E-state index contributed by atoms with van der Waals surface area (Å²) in [6.45, 7) is 2.10. The zero-order chi connectivity index (χ0) is 14.4. The first-order valence-corrected chi connectivity index (χ1v) is 6.95. The van der Waals surface area contributed by atoms with E-state index in [1.54, 1.807) is 7.11 Å². The molecule has 1 aromatic heterocycles. The third-order valence-corrected chi connectivity index (χ3v) is 3.52. The minimum atomic E-state index is 0.289. The fraction of sp³-hybridized carbons (Fsp3) is 0.353. The molecule has 0 saturated carbocycles. The van der Waals surface area contributed by atoms with Crippen molar-refractivity contribution in [2.75, 3.05) is 14.2 Å². The maximum Gasteiger partial charge on any atom is 0.118 e. The number of ether oxygens (including phenoxy) is 1. The van der Waals surface area contributed by atoms with Crippen LogP contribution < -0.4 is 10.1 Å². The van der Waals surface area contributed by atoms with Crippen LogP contribution in [0.1, 0.15) is 29.3 Å². The van der Waals surface area contributed by atoms with Crippen LogP contribution in [-0.4, -0.2) is 19.1 Å². The molecule has 0 fully saturated rings. The zero-order valence-corrected chi connectivity index (χ0v) is 12.4. The van der Waals surface area contributed by atoms with Crippen LogP contribution in [0.15, 0.2) is 42.6 Å². The summed E-state index contributed by atoms with van der Waals surface area (Å²) in [5.41, 5.74) is 3.68. The van der Waals surface area contributed by atoms with Gasteiger partial charge in [0.2, 0.25) is 0 Å². The molecule has 2 aromatic rings. The standard InChI is InChI=1S/C17H22N2O/c1-13-10-11-19-17(12-13)16(18-2)9-6-14-4-7-15(20-3)8-5-14/h4-5,7-8,10-12,16,18H,6,9H2,1-3H3. The third kappa shape index (κ3) is 3.81. The smallest absolute Gasteiger partial charge is 0.118 e. The lowest BCUT2D eigenvalue weighted by molar-refractivity contribution is 0.414. The summed E-state index contributed by atoms with van der Waals surface area (Å²) >= 11 is 0. The van der Waals surface area contributed by atoms with Gasteiger partial charge in [-0.2, -0.15) is 0 Å². The maximum atomic E-state index is 5.18. The van der Waals surface area contributed by atoms with Crippen LogP contribution >= 0.6 is 0 Å². The number of benzene rings is 1. The van der Waals surface area contributed by atoms with Crippen molar-refractivity contribution in [3.05, 3.63) is 59.4 Å². The number of hydrogen-bond donors (Lipinski definition) is 1. The van der Waals surface area contributed by atoms with Crippen molar-refractivity contribution in [2.45, 2.75) is 25.8 Å². The number of rotatable bonds is 6.